The van der Waals surface area contributed by atoms with Crippen LogP contribution in [0.15, 0.2) is 42.7 Å². The zero-order chi connectivity index (χ0) is 18.4. The molecule has 140 valence electrons. The molecule has 1 amide bonds. The average Bonchev–Trinajstić information content (AvgIpc) is 3.17. The minimum absolute atomic E-state index is 0.0570. The number of likely N-dealkylation sites (tertiary alicyclic amines) is 1. The van der Waals surface area contributed by atoms with E-state index in [2.05, 4.69) is 5.10 Å². The van der Waals surface area contributed by atoms with Crippen molar-refractivity contribution in [2.75, 3.05) is 13.7 Å². The van der Waals surface area contributed by atoms with Gasteiger partial charge in [0.25, 0.3) is 0 Å². The van der Waals surface area contributed by atoms with Crippen molar-refractivity contribution in [1.82, 2.24) is 14.7 Å². The van der Waals surface area contributed by atoms with Gasteiger partial charge in [0.1, 0.15) is 5.82 Å². The molecule has 0 unspecified atom stereocenters. The van der Waals surface area contributed by atoms with Crippen LogP contribution in [0.1, 0.15) is 31.2 Å². The highest BCUT2D eigenvalue weighted by molar-refractivity contribution is 5.76. The van der Waals surface area contributed by atoms with Gasteiger partial charge in [-0.2, -0.15) is 5.10 Å². The van der Waals surface area contributed by atoms with Crippen LogP contribution in [0.4, 0.5) is 4.39 Å². The van der Waals surface area contributed by atoms with Gasteiger partial charge < -0.3 is 9.64 Å². The molecule has 1 aliphatic heterocycles. The Hall–Kier alpha value is -2.21. The SMILES string of the molecule is CO[C@H]1CCCN(C(=O)CCCn2cccn2)[C@H]1Cc1ccccc1F. The Balaban J connectivity index is 1.65. The lowest BCUT2D eigenvalue weighted by Gasteiger charge is -2.41. The monoisotopic (exact) mass is 359 g/mol. The topological polar surface area (TPSA) is 47.4 Å². The first-order valence-corrected chi connectivity index (χ1v) is 9.22. The minimum Gasteiger partial charge on any atom is -0.379 e. The maximum atomic E-state index is 14.1. The minimum atomic E-state index is -0.223. The van der Waals surface area contributed by atoms with Crippen LogP contribution in [0, 0.1) is 5.82 Å². The van der Waals surface area contributed by atoms with E-state index in [1.807, 2.05) is 27.9 Å². The van der Waals surface area contributed by atoms with Crippen molar-refractivity contribution in [2.45, 2.75) is 50.8 Å². The number of hydrogen-bond donors (Lipinski definition) is 0. The molecular weight excluding hydrogens is 333 g/mol. The van der Waals surface area contributed by atoms with Gasteiger partial charge in [-0.15, -0.1) is 0 Å². The van der Waals surface area contributed by atoms with Gasteiger partial charge in [-0.25, -0.2) is 4.39 Å². The van der Waals surface area contributed by atoms with E-state index < -0.39 is 0 Å². The third-order valence-electron chi connectivity index (χ3n) is 5.06. The predicted molar refractivity (Wildman–Crippen MR) is 97.1 cm³/mol. The van der Waals surface area contributed by atoms with Crippen LogP contribution in [-0.2, 0) is 22.5 Å². The van der Waals surface area contributed by atoms with Gasteiger partial charge in [-0.1, -0.05) is 18.2 Å². The number of hydrogen-bond acceptors (Lipinski definition) is 3. The number of aromatic nitrogens is 2. The lowest BCUT2D eigenvalue weighted by atomic mass is 9.92. The molecule has 0 saturated carbocycles. The molecule has 5 nitrogen and oxygen atoms in total. The second-order valence-corrected chi connectivity index (χ2v) is 6.74. The van der Waals surface area contributed by atoms with Crippen LogP contribution >= 0.6 is 0 Å². The van der Waals surface area contributed by atoms with Crippen LogP contribution in [0.5, 0.6) is 0 Å². The summed E-state index contributed by atoms with van der Waals surface area (Å²) in [5.74, 6) is -0.112. The van der Waals surface area contributed by atoms with Crippen molar-refractivity contribution < 1.29 is 13.9 Å². The molecule has 2 heterocycles. The van der Waals surface area contributed by atoms with Crippen molar-refractivity contribution in [2.24, 2.45) is 0 Å². The van der Waals surface area contributed by atoms with E-state index in [-0.39, 0.29) is 23.9 Å². The molecule has 2 atom stereocenters. The van der Waals surface area contributed by atoms with Crippen molar-refractivity contribution in [1.29, 1.82) is 0 Å². The molecule has 2 aromatic rings. The molecule has 6 heteroatoms. The van der Waals surface area contributed by atoms with E-state index in [0.29, 0.717) is 24.9 Å². The molecular formula is C20H26FN3O2. The highest BCUT2D eigenvalue weighted by Crippen LogP contribution is 2.25. The zero-order valence-electron chi connectivity index (χ0n) is 15.2. The number of ether oxygens (including phenoxy) is 1. The van der Waals surface area contributed by atoms with Gasteiger partial charge in [0.05, 0.1) is 12.1 Å². The first-order valence-electron chi connectivity index (χ1n) is 9.22. The van der Waals surface area contributed by atoms with Gasteiger partial charge >= 0.3 is 0 Å². The average molecular weight is 359 g/mol. The molecule has 1 aromatic heterocycles. The van der Waals surface area contributed by atoms with E-state index in [4.69, 9.17) is 4.74 Å². The van der Waals surface area contributed by atoms with Crippen LogP contribution in [-0.4, -0.2) is 46.4 Å². The molecule has 0 N–H and O–H groups in total. The Morgan fingerprint density at radius 3 is 2.92 bits per heavy atom. The summed E-state index contributed by atoms with van der Waals surface area (Å²) >= 11 is 0. The first kappa shape index (κ1) is 18.6. The zero-order valence-corrected chi connectivity index (χ0v) is 15.2. The summed E-state index contributed by atoms with van der Waals surface area (Å²) in [6.07, 6.45) is 7.07. The fourth-order valence-corrected chi connectivity index (χ4v) is 3.71. The van der Waals surface area contributed by atoms with Crippen molar-refractivity contribution in [3.05, 3.63) is 54.1 Å². The first-order chi connectivity index (χ1) is 12.7. The summed E-state index contributed by atoms with van der Waals surface area (Å²) in [5.41, 5.74) is 0.635. The molecule has 3 rings (SSSR count). The van der Waals surface area contributed by atoms with Crippen LogP contribution in [0.2, 0.25) is 0 Å². The lowest BCUT2D eigenvalue weighted by molar-refractivity contribution is -0.140. The number of methoxy groups -OCH3 is 1. The number of rotatable bonds is 7. The smallest absolute Gasteiger partial charge is 0.222 e. The number of nitrogens with zero attached hydrogens (tertiary/aromatic N) is 3. The molecule has 0 radical (unpaired) electrons. The highest BCUT2D eigenvalue weighted by atomic mass is 19.1. The predicted octanol–water partition coefficient (Wildman–Crippen LogP) is 3.05. The largest absolute Gasteiger partial charge is 0.379 e. The maximum Gasteiger partial charge on any atom is 0.222 e. The summed E-state index contributed by atoms with van der Waals surface area (Å²) in [7, 11) is 1.67. The fourth-order valence-electron chi connectivity index (χ4n) is 3.71. The molecule has 0 spiro atoms. The van der Waals surface area contributed by atoms with Crippen LogP contribution in [0.25, 0.3) is 0 Å². The molecule has 1 saturated heterocycles. The van der Waals surface area contributed by atoms with E-state index in [0.717, 1.165) is 25.8 Å². The molecule has 1 aliphatic rings. The van der Waals surface area contributed by atoms with Gasteiger partial charge in [0, 0.05) is 39.0 Å². The van der Waals surface area contributed by atoms with Crippen molar-refractivity contribution in [3.63, 3.8) is 0 Å². The second kappa shape index (κ2) is 8.94. The van der Waals surface area contributed by atoms with E-state index >= 15 is 0 Å². The number of aryl methyl sites for hydroxylation is 1. The van der Waals surface area contributed by atoms with Crippen molar-refractivity contribution in [3.8, 4) is 0 Å². The number of halogens is 1. The fraction of sp³-hybridized carbons (Fsp3) is 0.500. The quantitative estimate of drug-likeness (QED) is 0.763. The number of carbonyl (C=O) groups excluding carboxylic acids is 1. The third-order valence-corrected chi connectivity index (χ3v) is 5.06. The summed E-state index contributed by atoms with van der Waals surface area (Å²) < 4.78 is 21.6. The van der Waals surface area contributed by atoms with E-state index in [9.17, 15) is 9.18 Å². The van der Waals surface area contributed by atoms with Crippen LogP contribution in [0.3, 0.4) is 0 Å². The number of benzene rings is 1. The highest BCUT2D eigenvalue weighted by Gasteiger charge is 2.34. The standard InChI is InChI=1S/C20H26FN3O2/c1-26-19-9-4-14-24(18(19)15-16-7-2-3-8-17(16)21)20(25)10-5-12-23-13-6-11-22-23/h2-3,6-8,11,13,18-19H,4-5,9-10,12,14-15H2,1H3/t18-,19-/m0/s1. The Morgan fingerprint density at radius 2 is 2.19 bits per heavy atom. The normalized spacial score (nSPS) is 20.3. The second-order valence-electron chi connectivity index (χ2n) is 6.74. The summed E-state index contributed by atoms with van der Waals surface area (Å²) in [6.45, 7) is 1.43. The molecule has 1 aromatic carbocycles. The van der Waals surface area contributed by atoms with Gasteiger partial charge in [0.15, 0.2) is 0 Å². The Labute approximate surface area is 153 Å². The Morgan fingerprint density at radius 1 is 1.35 bits per heavy atom. The summed E-state index contributed by atoms with van der Waals surface area (Å²) in [6, 6.07) is 8.53. The van der Waals surface area contributed by atoms with Crippen LogP contribution < -0.4 is 0 Å². The van der Waals surface area contributed by atoms with Gasteiger partial charge in [0.2, 0.25) is 5.91 Å². The van der Waals surface area contributed by atoms with Gasteiger partial charge in [-0.3, -0.25) is 9.48 Å². The molecule has 0 aliphatic carbocycles. The number of piperidine rings is 1. The summed E-state index contributed by atoms with van der Waals surface area (Å²) in [4.78, 5) is 14.7. The molecule has 0 bridgehead atoms. The number of carbonyl (C=O) groups is 1. The Kier molecular flexibility index (Phi) is 6.39. The number of amides is 1. The summed E-state index contributed by atoms with van der Waals surface area (Å²) in [5, 5.41) is 4.16. The molecule has 1 fully saturated rings. The Bertz CT molecular complexity index is 705. The van der Waals surface area contributed by atoms with Crippen molar-refractivity contribution >= 4 is 5.91 Å². The maximum absolute atomic E-state index is 14.1. The third kappa shape index (κ3) is 4.49. The van der Waals surface area contributed by atoms with E-state index in [1.54, 1.807) is 25.4 Å². The van der Waals surface area contributed by atoms with Gasteiger partial charge in [-0.05, 0) is 43.4 Å². The van der Waals surface area contributed by atoms with E-state index in [1.165, 1.54) is 6.07 Å². The molecule has 26 heavy (non-hydrogen) atoms. The lowest BCUT2D eigenvalue weighted by Crippen LogP contribution is -2.52.